The van der Waals surface area contributed by atoms with Crippen LogP contribution >= 0.6 is 11.6 Å². The van der Waals surface area contributed by atoms with Gasteiger partial charge in [0.2, 0.25) is 0 Å². The lowest BCUT2D eigenvalue weighted by molar-refractivity contribution is 0.586. The molecule has 1 heterocycles. The van der Waals surface area contributed by atoms with Gasteiger partial charge in [0.15, 0.2) is 0 Å². The average Bonchev–Trinajstić information content (AvgIpc) is 2.43. The van der Waals surface area contributed by atoms with Gasteiger partial charge < -0.3 is 5.32 Å². The molecule has 2 aromatic rings. The molecule has 1 aromatic heterocycles. The molecule has 1 N–H and O–H groups in total. The van der Waals surface area contributed by atoms with Crippen LogP contribution in [0, 0.1) is 6.92 Å². The zero-order chi connectivity index (χ0) is 13.7. The van der Waals surface area contributed by atoms with E-state index in [9.17, 15) is 0 Å². The van der Waals surface area contributed by atoms with Crippen LogP contribution in [0.25, 0.3) is 0 Å². The number of nitrogens with one attached hydrogen (secondary N) is 1. The highest BCUT2D eigenvalue weighted by atomic mass is 35.5. The van der Waals surface area contributed by atoms with E-state index in [0.29, 0.717) is 5.02 Å². The van der Waals surface area contributed by atoms with E-state index in [-0.39, 0.29) is 6.04 Å². The van der Waals surface area contributed by atoms with Gasteiger partial charge in [-0.1, -0.05) is 48.4 Å². The summed E-state index contributed by atoms with van der Waals surface area (Å²) in [4.78, 5) is 4.44. The lowest BCUT2D eigenvalue weighted by atomic mass is 10.0. The first kappa shape index (κ1) is 14.0. The summed E-state index contributed by atoms with van der Waals surface area (Å²) >= 11 is 5.90. The third kappa shape index (κ3) is 3.79. The lowest BCUT2D eigenvalue weighted by Gasteiger charge is -2.18. The van der Waals surface area contributed by atoms with Crippen LogP contribution < -0.4 is 5.32 Å². The van der Waals surface area contributed by atoms with Crippen molar-refractivity contribution in [3.05, 3.63) is 64.4 Å². The minimum Gasteiger partial charge on any atom is -0.305 e. The summed E-state index contributed by atoms with van der Waals surface area (Å²) in [6.07, 6.45) is 2.79. The van der Waals surface area contributed by atoms with Crippen LogP contribution in [0.2, 0.25) is 5.02 Å². The molecule has 0 aliphatic carbocycles. The van der Waals surface area contributed by atoms with E-state index in [2.05, 4.69) is 48.4 Å². The van der Waals surface area contributed by atoms with Gasteiger partial charge in [-0.2, -0.15) is 0 Å². The number of hydrogen-bond acceptors (Lipinski definition) is 2. The predicted octanol–water partition coefficient (Wildman–Crippen LogP) is 4.13. The Kier molecular flexibility index (Phi) is 4.94. The number of halogens is 1. The van der Waals surface area contributed by atoms with Crippen LogP contribution in [-0.2, 0) is 0 Å². The highest BCUT2D eigenvalue weighted by molar-refractivity contribution is 6.30. The van der Waals surface area contributed by atoms with Crippen LogP contribution in [0.4, 0.5) is 0 Å². The fourth-order valence-corrected chi connectivity index (χ4v) is 2.11. The van der Waals surface area contributed by atoms with Crippen LogP contribution in [0.3, 0.4) is 0 Å². The number of rotatable bonds is 5. The molecule has 0 saturated heterocycles. The molecule has 0 amide bonds. The second-order valence-electron chi connectivity index (χ2n) is 4.70. The van der Waals surface area contributed by atoms with E-state index in [1.165, 1.54) is 11.1 Å². The molecule has 0 saturated carbocycles. The number of nitrogens with zero attached hydrogens (tertiary/aromatic N) is 1. The SMILES string of the molecule is CCCNC(c1ccc(C)cc1)c1ccc(Cl)cn1. The molecule has 2 rings (SSSR count). The Hall–Kier alpha value is -1.38. The third-order valence-corrected chi connectivity index (χ3v) is 3.28. The van der Waals surface area contributed by atoms with Crippen molar-refractivity contribution in [1.82, 2.24) is 10.3 Å². The summed E-state index contributed by atoms with van der Waals surface area (Å²) in [7, 11) is 0. The third-order valence-electron chi connectivity index (χ3n) is 3.06. The smallest absolute Gasteiger partial charge is 0.0751 e. The van der Waals surface area contributed by atoms with Gasteiger partial charge in [-0.25, -0.2) is 0 Å². The van der Waals surface area contributed by atoms with E-state index in [1.54, 1.807) is 6.20 Å². The molecule has 0 radical (unpaired) electrons. The maximum absolute atomic E-state index is 5.90. The summed E-state index contributed by atoms with van der Waals surface area (Å²) in [5, 5.41) is 4.20. The maximum Gasteiger partial charge on any atom is 0.0751 e. The zero-order valence-electron chi connectivity index (χ0n) is 11.4. The molecule has 100 valence electrons. The van der Waals surface area contributed by atoms with E-state index in [4.69, 9.17) is 11.6 Å². The Morgan fingerprint density at radius 3 is 2.47 bits per heavy atom. The molecule has 0 bridgehead atoms. The normalized spacial score (nSPS) is 12.4. The summed E-state index contributed by atoms with van der Waals surface area (Å²) in [6.45, 7) is 5.22. The van der Waals surface area contributed by atoms with Crippen molar-refractivity contribution in [3.63, 3.8) is 0 Å². The minimum absolute atomic E-state index is 0.123. The molecular formula is C16H19ClN2. The van der Waals surface area contributed by atoms with Gasteiger partial charge >= 0.3 is 0 Å². The molecule has 1 atom stereocenters. The van der Waals surface area contributed by atoms with E-state index in [1.807, 2.05) is 12.1 Å². The number of benzene rings is 1. The number of aromatic nitrogens is 1. The molecule has 2 nitrogen and oxygen atoms in total. The summed E-state index contributed by atoms with van der Waals surface area (Å²) in [5.74, 6) is 0. The van der Waals surface area contributed by atoms with Crippen molar-refractivity contribution in [3.8, 4) is 0 Å². The van der Waals surface area contributed by atoms with E-state index >= 15 is 0 Å². The van der Waals surface area contributed by atoms with Crippen molar-refractivity contribution in [2.24, 2.45) is 0 Å². The topological polar surface area (TPSA) is 24.9 Å². The standard InChI is InChI=1S/C16H19ClN2/c1-3-10-18-16(13-6-4-12(2)5-7-13)15-9-8-14(17)11-19-15/h4-9,11,16,18H,3,10H2,1-2H3. The summed E-state index contributed by atoms with van der Waals surface area (Å²) < 4.78 is 0. The lowest BCUT2D eigenvalue weighted by Crippen LogP contribution is -2.24. The molecule has 19 heavy (non-hydrogen) atoms. The van der Waals surface area contributed by atoms with Crippen LogP contribution in [0.5, 0.6) is 0 Å². The van der Waals surface area contributed by atoms with Crippen molar-refractivity contribution in [1.29, 1.82) is 0 Å². The molecule has 0 fully saturated rings. The maximum atomic E-state index is 5.90. The van der Waals surface area contributed by atoms with Gasteiger partial charge in [0.05, 0.1) is 16.8 Å². The van der Waals surface area contributed by atoms with Gasteiger partial charge in [-0.15, -0.1) is 0 Å². The monoisotopic (exact) mass is 274 g/mol. The zero-order valence-corrected chi connectivity index (χ0v) is 12.1. The second kappa shape index (κ2) is 6.69. The Bertz CT molecular complexity index is 460. The first-order valence-corrected chi connectivity index (χ1v) is 7.00. The number of hydrogen-bond donors (Lipinski definition) is 1. The number of aryl methyl sites for hydroxylation is 1. The molecule has 3 heteroatoms. The Labute approximate surface area is 119 Å². The number of pyridine rings is 1. The van der Waals surface area contributed by atoms with Crippen molar-refractivity contribution in [2.75, 3.05) is 6.54 Å². The van der Waals surface area contributed by atoms with Crippen LogP contribution in [0.1, 0.15) is 36.2 Å². The quantitative estimate of drug-likeness (QED) is 0.887. The molecule has 1 unspecified atom stereocenters. The molecule has 0 spiro atoms. The van der Waals surface area contributed by atoms with Gasteiger partial charge in [-0.05, 0) is 37.6 Å². The van der Waals surface area contributed by atoms with Crippen LogP contribution in [-0.4, -0.2) is 11.5 Å². The minimum atomic E-state index is 0.123. The largest absolute Gasteiger partial charge is 0.305 e. The van der Waals surface area contributed by atoms with Crippen molar-refractivity contribution < 1.29 is 0 Å². The van der Waals surface area contributed by atoms with Gasteiger partial charge in [0.1, 0.15) is 0 Å². The van der Waals surface area contributed by atoms with Crippen molar-refractivity contribution >= 4 is 11.6 Å². The highest BCUT2D eigenvalue weighted by Crippen LogP contribution is 2.22. The summed E-state index contributed by atoms with van der Waals surface area (Å²) in [6, 6.07) is 12.6. The highest BCUT2D eigenvalue weighted by Gasteiger charge is 2.14. The van der Waals surface area contributed by atoms with E-state index in [0.717, 1.165) is 18.7 Å². The fraction of sp³-hybridized carbons (Fsp3) is 0.312. The average molecular weight is 275 g/mol. The van der Waals surface area contributed by atoms with Crippen molar-refractivity contribution in [2.45, 2.75) is 26.3 Å². The van der Waals surface area contributed by atoms with E-state index < -0.39 is 0 Å². The molecular weight excluding hydrogens is 256 g/mol. The fourth-order valence-electron chi connectivity index (χ4n) is 2.00. The Morgan fingerprint density at radius 1 is 1.16 bits per heavy atom. The second-order valence-corrected chi connectivity index (χ2v) is 5.14. The van der Waals surface area contributed by atoms with Gasteiger partial charge in [0.25, 0.3) is 0 Å². The predicted molar refractivity (Wildman–Crippen MR) is 80.6 cm³/mol. The first-order valence-electron chi connectivity index (χ1n) is 6.62. The Balaban J connectivity index is 2.29. The molecule has 0 aliphatic rings. The molecule has 0 aliphatic heterocycles. The van der Waals surface area contributed by atoms with Gasteiger partial charge in [-0.3, -0.25) is 4.98 Å². The first-order chi connectivity index (χ1) is 9.20. The van der Waals surface area contributed by atoms with Crippen LogP contribution in [0.15, 0.2) is 42.6 Å². The Morgan fingerprint density at radius 2 is 1.89 bits per heavy atom. The molecule has 1 aromatic carbocycles. The van der Waals surface area contributed by atoms with Gasteiger partial charge in [0, 0.05) is 6.20 Å². The summed E-state index contributed by atoms with van der Waals surface area (Å²) in [5.41, 5.74) is 3.50.